The van der Waals surface area contributed by atoms with Crippen molar-refractivity contribution in [1.29, 1.82) is 0 Å². The first kappa shape index (κ1) is 49.4. The summed E-state index contributed by atoms with van der Waals surface area (Å²) in [5.41, 5.74) is 7.91. The number of rotatable bonds is 22. The molecule has 15 heteroatoms. The molecule has 0 unspecified atom stereocenters. The molecule has 0 aliphatic heterocycles. The second-order valence-electron chi connectivity index (χ2n) is 16.0. The van der Waals surface area contributed by atoms with Gasteiger partial charge in [0.15, 0.2) is 28.7 Å². The average molecular weight is 930 g/mol. The van der Waals surface area contributed by atoms with Gasteiger partial charge >= 0.3 is 17.8 Å². The number of benzene rings is 2. The van der Waals surface area contributed by atoms with Crippen molar-refractivity contribution in [2.75, 3.05) is 19.5 Å². The Morgan fingerprint density at radius 3 is 2.16 bits per heavy atom. The molecule has 0 spiro atoms. The van der Waals surface area contributed by atoms with Crippen LogP contribution in [0.15, 0.2) is 139 Å². The Morgan fingerprint density at radius 2 is 1.54 bits per heavy atom. The van der Waals surface area contributed by atoms with E-state index in [-0.39, 0.29) is 49.0 Å². The SMILES string of the molecule is C=C1[C@H](COC(=O)C[n+]2c(C)n(C(=O)c3ccc(Cl)cc3)c3ccc(OC)cc32)[C@@H](OC(=O)CC/C=C\C/C=C\C/C=C\C/C=C\C/C=C\C/C=C\CC)C[C@@H]1n1cnc2c(=O)[nH]c(N)nc21. The molecule has 1 fully saturated rings. The summed E-state index contributed by atoms with van der Waals surface area (Å²) in [6.45, 7) is 7.83. The topological polar surface area (TPSA) is 177 Å². The van der Waals surface area contributed by atoms with Crippen LogP contribution >= 0.6 is 11.6 Å². The number of fused-ring (bicyclic) bond motifs is 2. The lowest BCUT2D eigenvalue weighted by molar-refractivity contribution is -0.666. The molecular weight excluding hydrogens is 870 g/mol. The third-order valence-electron chi connectivity index (χ3n) is 11.4. The van der Waals surface area contributed by atoms with Gasteiger partial charge in [-0.05, 0) is 86.9 Å². The Balaban J connectivity index is 1.07. The maximum absolute atomic E-state index is 13.8. The van der Waals surface area contributed by atoms with E-state index in [0.717, 1.165) is 38.5 Å². The highest BCUT2D eigenvalue weighted by Crippen LogP contribution is 2.42. The highest BCUT2D eigenvalue weighted by atomic mass is 35.5. The van der Waals surface area contributed by atoms with E-state index in [4.69, 9.17) is 31.5 Å². The number of aromatic nitrogens is 6. The molecule has 3 atom stereocenters. The Labute approximate surface area is 395 Å². The van der Waals surface area contributed by atoms with Gasteiger partial charge in [0.05, 0.1) is 31.0 Å². The highest BCUT2D eigenvalue weighted by Gasteiger charge is 2.43. The molecule has 1 saturated carbocycles. The minimum Gasteiger partial charge on any atom is -0.497 e. The number of ether oxygens (including phenoxy) is 3. The van der Waals surface area contributed by atoms with Crippen LogP contribution < -0.4 is 20.6 Å². The Kier molecular flexibility index (Phi) is 18.0. The molecule has 67 heavy (non-hydrogen) atoms. The molecule has 2 aromatic carbocycles. The van der Waals surface area contributed by atoms with Crippen LogP contribution in [0.3, 0.4) is 0 Å². The second-order valence-corrected chi connectivity index (χ2v) is 16.4. The minimum atomic E-state index is -0.725. The van der Waals surface area contributed by atoms with Gasteiger partial charge in [-0.1, -0.05) is 98.0 Å². The van der Waals surface area contributed by atoms with E-state index in [0.29, 0.717) is 45.2 Å². The molecule has 14 nitrogen and oxygen atoms in total. The molecule has 0 bridgehead atoms. The van der Waals surface area contributed by atoms with Gasteiger partial charge in [-0.15, -0.1) is 0 Å². The predicted molar refractivity (Wildman–Crippen MR) is 262 cm³/mol. The monoisotopic (exact) mass is 928 g/mol. The molecule has 3 N–H and O–H groups in total. The number of carbonyl (C=O) groups excluding carboxylic acids is 3. The van der Waals surface area contributed by atoms with Crippen LogP contribution in [-0.2, 0) is 25.6 Å². The first-order valence-electron chi connectivity index (χ1n) is 22.6. The van der Waals surface area contributed by atoms with E-state index >= 15 is 0 Å². The molecule has 6 rings (SSSR count). The van der Waals surface area contributed by atoms with Crippen molar-refractivity contribution in [2.45, 2.75) is 90.3 Å². The fraction of sp³-hybridized carbons (Fsp3) is 0.327. The van der Waals surface area contributed by atoms with Gasteiger partial charge in [0.2, 0.25) is 5.95 Å². The zero-order valence-electron chi connectivity index (χ0n) is 38.3. The number of nitrogens with two attached hydrogens (primary N) is 1. The van der Waals surface area contributed by atoms with E-state index in [1.54, 1.807) is 58.5 Å². The smallest absolute Gasteiger partial charge is 0.348 e. The summed E-state index contributed by atoms with van der Waals surface area (Å²) in [7, 11) is 1.54. The second kappa shape index (κ2) is 24.5. The van der Waals surface area contributed by atoms with Gasteiger partial charge < -0.3 is 24.5 Å². The van der Waals surface area contributed by atoms with E-state index < -0.39 is 35.6 Å². The summed E-state index contributed by atoms with van der Waals surface area (Å²) in [6.07, 6.45) is 32.7. The Hall–Kier alpha value is -7.06. The zero-order valence-corrected chi connectivity index (χ0v) is 39.1. The van der Waals surface area contributed by atoms with E-state index in [1.807, 2.05) is 12.2 Å². The molecule has 1 aliphatic rings. The number of esters is 2. The number of hydrogen-bond acceptors (Lipinski definition) is 10. The summed E-state index contributed by atoms with van der Waals surface area (Å²) in [5, 5.41) is 0.498. The average Bonchev–Trinajstić information content (AvgIpc) is 3.96. The van der Waals surface area contributed by atoms with Gasteiger partial charge in [-0.25, -0.2) is 19.1 Å². The van der Waals surface area contributed by atoms with Crippen molar-refractivity contribution in [2.24, 2.45) is 5.92 Å². The van der Waals surface area contributed by atoms with Crippen LogP contribution in [0.4, 0.5) is 5.95 Å². The van der Waals surface area contributed by atoms with Crippen molar-refractivity contribution >= 4 is 57.6 Å². The number of hydrogen-bond donors (Lipinski definition) is 2. The quantitative estimate of drug-likeness (QED) is 0.0386. The zero-order chi connectivity index (χ0) is 47.7. The van der Waals surface area contributed by atoms with Crippen LogP contribution in [0.1, 0.15) is 86.9 Å². The third-order valence-corrected chi connectivity index (χ3v) is 11.7. The van der Waals surface area contributed by atoms with Gasteiger partial charge in [-0.3, -0.25) is 14.6 Å². The highest BCUT2D eigenvalue weighted by molar-refractivity contribution is 6.30. The van der Waals surface area contributed by atoms with E-state index in [1.165, 1.54) is 18.0 Å². The number of carbonyl (C=O) groups is 3. The fourth-order valence-electron chi connectivity index (χ4n) is 7.94. The van der Waals surface area contributed by atoms with E-state index in [2.05, 4.69) is 89.2 Å². The summed E-state index contributed by atoms with van der Waals surface area (Å²) in [6, 6.07) is 11.3. The number of anilines is 1. The van der Waals surface area contributed by atoms with Crippen molar-refractivity contribution < 1.29 is 33.2 Å². The largest absolute Gasteiger partial charge is 0.497 e. The predicted octanol–water partition coefficient (Wildman–Crippen LogP) is 9.35. The normalized spacial score (nSPS) is 16.7. The Morgan fingerprint density at radius 1 is 0.910 bits per heavy atom. The lowest BCUT2D eigenvalue weighted by Crippen LogP contribution is -2.42. The molecule has 5 aromatic rings. The van der Waals surface area contributed by atoms with Gasteiger partial charge in [0.25, 0.3) is 11.4 Å². The van der Waals surface area contributed by atoms with Crippen molar-refractivity contribution in [3.8, 4) is 5.75 Å². The minimum absolute atomic E-state index is 0.0765. The number of allylic oxidation sites excluding steroid dienone is 12. The lowest BCUT2D eigenvalue weighted by Gasteiger charge is -2.20. The summed E-state index contributed by atoms with van der Waals surface area (Å²) >= 11 is 6.10. The van der Waals surface area contributed by atoms with Crippen LogP contribution in [0.25, 0.3) is 22.2 Å². The standard InChI is InChI=1S/C52H58ClN7O7/c1-5-6-7-8-9-10-11-12-13-14-15-16-17-18-19-20-21-22-23-24-46(61)67-45-32-43(59-35-55-48-49(59)56-52(54)57-50(48)63)36(2)41(45)34-66-47(62)33-58-37(3)60(42-30-29-40(65-4)31-44(42)58)51(64)38-25-27-39(53)28-26-38/h6-7,9-10,12-13,15-16,18-19,21-22,25-31,35,41,43,45H,2,5,8,11,14,17,20,23-24,32-34H2,1,3-4H3,(H2-,54,56,57,63)/p+1/b7-6-,10-9-,13-12-,16-15-,19-18-,22-21-/t41-,43-,45-/m0/s1. The summed E-state index contributed by atoms with van der Waals surface area (Å²) in [4.78, 5) is 64.6. The maximum atomic E-state index is 13.8. The molecule has 3 heterocycles. The number of H-pyrrole nitrogens is 1. The van der Waals surface area contributed by atoms with Crippen LogP contribution in [-0.4, -0.2) is 61.8 Å². The molecule has 0 amide bonds. The number of halogens is 1. The molecular formula is C52H59ClN7O7+. The van der Waals surface area contributed by atoms with Gasteiger partial charge in [0.1, 0.15) is 18.5 Å². The van der Waals surface area contributed by atoms with Crippen molar-refractivity contribution in [1.82, 2.24) is 24.1 Å². The third kappa shape index (κ3) is 13.1. The van der Waals surface area contributed by atoms with Gasteiger partial charge in [-0.2, -0.15) is 9.55 Å². The van der Waals surface area contributed by atoms with E-state index in [9.17, 15) is 19.2 Å². The summed E-state index contributed by atoms with van der Waals surface area (Å²) in [5.74, 6) is -0.982. The van der Waals surface area contributed by atoms with Gasteiger partial charge in [0, 0.05) is 30.9 Å². The van der Waals surface area contributed by atoms with Crippen molar-refractivity contribution in [3.05, 3.63) is 161 Å². The van der Waals surface area contributed by atoms with Crippen LogP contribution in [0, 0.1) is 12.8 Å². The number of methoxy groups -OCH3 is 1. The molecule has 350 valence electrons. The number of aromatic amines is 1. The first-order chi connectivity index (χ1) is 32.5. The number of nitrogens with zero attached hydrogens (tertiary/aromatic N) is 5. The summed E-state index contributed by atoms with van der Waals surface area (Å²) < 4.78 is 22.4. The molecule has 0 radical (unpaired) electrons. The molecule has 1 aliphatic carbocycles. The Bertz CT molecular complexity index is 2790. The number of nitrogen functional groups attached to an aromatic ring is 1. The maximum Gasteiger partial charge on any atom is 0.348 e. The fourth-order valence-corrected chi connectivity index (χ4v) is 8.06. The van der Waals surface area contributed by atoms with Crippen LogP contribution in [0.2, 0.25) is 5.02 Å². The van der Waals surface area contributed by atoms with Crippen molar-refractivity contribution in [3.63, 3.8) is 0 Å². The number of nitrogens with one attached hydrogen (secondary N) is 1. The first-order valence-corrected chi connectivity index (χ1v) is 22.9. The lowest BCUT2D eigenvalue weighted by atomic mass is 10.0. The molecule has 0 saturated heterocycles. The number of imidazole rings is 2. The van der Waals surface area contributed by atoms with Crippen LogP contribution in [0.5, 0.6) is 5.75 Å². The molecule has 3 aromatic heterocycles.